The van der Waals surface area contributed by atoms with Crippen molar-refractivity contribution in [3.8, 4) is 0 Å². The van der Waals surface area contributed by atoms with Gasteiger partial charge < -0.3 is 4.74 Å². The van der Waals surface area contributed by atoms with Gasteiger partial charge >= 0.3 is 5.97 Å². The van der Waals surface area contributed by atoms with Gasteiger partial charge in [0.2, 0.25) is 4.33 Å². The van der Waals surface area contributed by atoms with Crippen LogP contribution in [0.4, 0.5) is 0 Å². The first-order chi connectivity index (χ1) is 5.67. The second-order valence-electron chi connectivity index (χ2n) is 2.84. The average Bonchev–Trinajstić information content (AvgIpc) is 2.02. The molecule has 0 aliphatic rings. The molecule has 0 rings (SSSR count). The maximum atomic E-state index is 11.1. The van der Waals surface area contributed by atoms with Crippen LogP contribution in [0.15, 0.2) is 0 Å². The summed E-state index contributed by atoms with van der Waals surface area (Å²) in [6, 6.07) is 0. The zero-order chi connectivity index (χ0) is 10.9. The van der Waals surface area contributed by atoms with E-state index in [-0.39, 0.29) is 5.92 Å². The third kappa shape index (κ3) is 2.56. The van der Waals surface area contributed by atoms with Crippen LogP contribution in [0.25, 0.3) is 0 Å². The van der Waals surface area contributed by atoms with E-state index in [1.165, 1.54) is 0 Å². The van der Waals surface area contributed by atoms with E-state index >= 15 is 0 Å². The summed E-state index contributed by atoms with van der Waals surface area (Å²) < 4.78 is 0.840. The molecule has 0 N–H and O–H groups in total. The zero-order valence-corrected chi connectivity index (χ0v) is 10.4. The number of methoxy groups -OCH3 is 1. The van der Waals surface area contributed by atoms with Gasteiger partial charge in [-0.05, 0) is 5.92 Å². The largest absolute Gasteiger partial charge is 0.467 e. The Morgan fingerprint density at radius 1 is 1.23 bits per heavy atom. The highest BCUT2D eigenvalue weighted by Gasteiger charge is 2.55. The van der Waals surface area contributed by atoms with Gasteiger partial charge in [0.05, 0.1) is 7.11 Å². The molecule has 0 saturated heterocycles. The highest BCUT2D eigenvalue weighted by atomic mass is 35.5. The summed E-state index contributed by atoms with van der Waals surface area (Å²) in [6.07, 6.45) is 0. The predicted octanol–water partition coefficient (Wildman–Crippen LogP) is 3.16. The summed E-state index contributed by atoms with van der Waals surface area (Å²) in [5.41, 5.74) is 0. The quantitative estimate of drug-likeness (QED) is 0.580. The maximum absolute atomic E-state index is 11.1. The number of hydrogen-bond acceptors (Lipinski definition) is 2. The summed E-state index contributed by atoms with van der Waals surface area (Å²) in [5.74, 6) is -1.15. The van der Waals surface area contributed by atoms with Gasteiger partial charge in [-0.15, -0.1) is 0 Å². The van der Waals surface area contributed by atoms with Crippen LogP contribution in [0.1, 0.15) is 13.8 Å². The van der Waals surface area contributed by atoms with Crippen LogP contribution in [0, 0.1) is 5.92 Å². The van der Waals surface area contributed by atoms with Crippen molar-refractivity contribution in [3.05, 3.63) is 0 Å². The Balaban J connectivity index is 4.91. The van der Waals surface area contributed by atoms with Crippen LogP contribution >= 0.6 is 46.4 Å². The molecule has 0 amide bonds. The van der Waals surface area contributed by atoms with Crippen molar-refractivity contribution in [1.29, 1.82) is 0 Å². The van der Waals surface area contributed by atoms with E-state index in [0.29, 0.717) is 0 Å². The van der Waals surface area contributed by atoms with Gasteiger partial charge in [-0.3, -0.25) is 0 Å². The Kier molecular flexibility index (Phi) is 4.65. The number of carbonyl (C=O) groups is 1. The van der Waals surface area contributed by atoms with Crippen LogP contribution in [-0.4, -0.2) is 21.7 Å². The lowest BCUT2D eigenvalue weighted by Crippen LogP contribution is -2.47. The smallest absolute Gasteiger partial charge is 0.345 e. The lowest BCUT2D eigenvalue weighted by atomic mass is 10.1. The second kappa shape index (κ2) is 4.43. The molecule has 0 heterocycles. The van der Waals surface area contributed by atoms with Gasteiger partial charge in [0.25, 0.3) is 0 Å². The molecule has 0 aromatic heterocycles. The predicted molar refractivity (Wildman–Crippen MR) is 55.7 cm³/mol. The van der Waals surface area contributed by atoms with Crippen molar-refractivity contribution in [2.45, 2.75) is 22.5 Å². The summed E-state index contributed by atoms with van der Waals surface area (Å²) >= 11 is 23.1. The van der Waals surface area contributed by atoms with E-state index < -0.39 is 14.6 Å². The van der Waals surface area contributed by atoms with Gasteiger partial charge in [0.1, 0.15) is 0 Å². The molecule has 0 saturated carbocycles. The Labute approximate surface area is 97.4 Å². The van der Waals surface area contributed by atoms with Crippen LogP contribution in [0.5, 0.6) is 0 Å². The molecule has 0 spiro atoms. The monoisotopic (exact) mass is 266 g/mol. The molecule has 78 valence electrons. The third-order valence-corrected chi connectivity index (χ3v) is 4.32. The third-order valence-electron chi connectivity index (χ3n) is 1.59. The molecule has 0 unspecified atom stereocenters. The molecule has 0 fully saturated rings. The van der Waals surface area contributed by atoms with Crippen LogP contribution in [-0.2, 0) is 9.53 Å². The molecule has 13 heavy (non-hydrogen) atoms. The van der Waals surface area contributed by atoms with Crippen LogP contribution < -0.4 is 0 Å². The van der Waals surface area contributed by atoms with Gasteiger partial charge in [-0.2, -0.15) is 0 Å². The summed E-state index contributed by atoms with van der Waals surface area (Å²) in [7, 11) is 1.16. The molecule has 0 aromatic carbocycles. The topological polar surface area (TPSA) is 26.3 Å². The van der Waals surface area contributed by atoms with E-state index in [0.717, 1.165) is 7.11 Å². The Hall–Kier alpha value is 0.630. The number of halogens is 4. The minimum atomic E-state index is -1.96. The number of esters is 1. The van der Waals surface area contributed by atoms with Gasteiger partial charge in [0.15, 0.2) is 4.33 Å². The van der Waals surface area contributed by atoms with Gasteiger partial charge in [0, 0.05) is 0 Å². The molecule has 0 aliphatic carbocycles. The Morgan fingerprint density at radius 2 is 1.62 bits per heavy atom. The normalized spacial score (nSPS) is 13.2. The van der Waals surface area contributed by atoms with Crippen molar-refractivity contribution in [2.75, 3.05) is 7.11 Å². The lowest BCUT2D eigenvalue weighted by molar-refractivity contribution is -0.142. The molecule has 0 aliphatic heterocycles. The first-order valence-corrected chi connectivity index (χ1v) is 5.03. The molecule has 6 heteroatoms. The summed E-state index contributed by atoms with van der Waals surface area (Å²) in [5, 5.41) is 0. The SMILES string of the molecule is COC(=O)C(Cl)(Cl)C(Cl)(Cl)C(C)C. The average molecular weight is 268 g/mol. The van der Waals surface area contributed by atoms with Crippen molar-refractivity contribution in [3.63, 3.8) is 0 Å². The Morgan fingerprint density at radius 3 is 1.85 bits per heavy atom. The molecule has 0 aromatic rings. The highest BCUT2D eigenvalue weighted by molar-refractivity contribution is 6.68. The molecular weight excluding hydrogens is 258 g/mol. The van der Waals surface area contributed by atoms with Crippen molar-refractivity contribution >= 4 is 52.4 Å². The molecule has 0 radical (unpaired) electrons. The number of alkyl halides is 4. The van der Waals surface area contributed by atoms with Crippen molar-refractivity contribution in [2.24, 2.45) is 5.92 Å². The van der Waals surface area contributed by atoms with Crippen molar-refractivity contribution < 1.29 is 9.53 Å². The van der Waals surface area contributed by atoms with Gasteiger partial charge in [-0.25, -0.2) is 4.79 Å². The minimum absolute atomic E-state index is 0.287. The van der Waals surface area contributed by atoms with Crippen LogP contribution in [0.3, 0.4) is 0 Å². The fourth-order valence-electron chi connectivity index (χ4n) is 0.627. The molecule has 0 atom stereocenters. The first-order valence-electron chi connectivity index (χ1n) is 3.52. The fourth-order valence-corrected chi connectivity index (χ4v) is 1.37. The number of carbonyl (C=O) groups excluding carboxylic acids is 1. The zero-order valence-electron chi connectivity index (χ0n) is 7.41. The minimum Gasteiger partial charge on any atom is -0.467 e. The maximum Gasteiger partial charge on any atom is 0.345 e. The number of rotatable bonds is 3. The number of ether oxygens (including phenoxy) is 1. The summed E-state index contributed by atoms with van der Waals surface area (Å²) in [4.78, 5) is 11.1. The Bertz CT molecular complexity index is 201. The van der Waals surface area contributed by atoms with Gasteiger partial charge in [-0.1, -0.05) is 60.3 Å². The highest BCUT2D eigenvalue weighted by Crippen LogP contribution is 2.48. The van der Waals surface area contributed by atoms with E-state index in [4.69, 9.17) is 46.4 Å². The number of hydrogen-bond donors (Lipinski definition) is 0. The molecule has 0 bridgehead atoms. The van der Waals surface area contributed by atoms with E-state index in [9.17, 15) is 4.79 Å². The van der Waals surface area contributed by atoms with E-state index in [1.807, 2.05) is 0 Å². The van der Waals surface area contributed by atoms with E-state index in [2.05, 4.69) is 4.74 Å². The van der Waals surface area contributed by atoms with E-state index in [1.54, 1.807) is 13.8 Å². The first kappa shape index (κ1) is 13.6. The second-order valence-corrected chi connectivity index (χ2v) is 5.56. The summed E-state index contributed by atoms with van der Waals surface area (Å²) in [6.45, 7) is 3.39. The molecule has 2 nitrogen and oxygen atoms in total. The standard InChI is InChI=1S/C7H10Cl4O2/c1-4(2)6(8,9)7(10,11)5(12)13-3/h4H,1-3H3. The lowest BCUT2D eigenvalue weighted by Gasteiger charge is -2.33. The van der Waals surface area contributed by atoms with Crippen molar-refractivity contribution in [1.82, 2.24) is 0 Å². The van der Waals surface area contributed by atoms with Crippen LogP contribution in [0.2, 0.25) is 0 Å². The molecular formula is C7H10Cl4O2. The fraction of sp³-hybridized carbons (Fsp3) is 0.857.